The van der Waals surface area contributed by atoms with Crippen LogP contribution in [0.5, 0.6) is 11.5 Å². The van der Waals surface area contributed by atoms with Crippen LogP contribution in [0, 0.1) is 0 Å². The smallest absolute Gasteiger partial charge is 0.414 e. The van der Waals surface area contributed by atoms with E-state index in [9.17, 15) is 4.79 Å². The van der Waals surface area contributed by atoms with Crippen molar-refractivity contribution in [1.82, 2.24) is 9.80 Å². The van der Waals surface area contributed by atoms with Gasteiger partial charge in [-0.1, -0.05) is 6.07 Å². The number of carboxylic acid groups (broad SMARTS) is 2. The van der Waals surface area contributed by atoms with Gasteiger partial charge in [-0.05, 0) is 29.8 Å². The van der Waals surface area contributed by atoms with Crippen molar-refractivity contribution < 1.29 is 38.5 Å². The molecule has 10 heteroatoms. The first-order chi connectivity index (χ1) is 13.9. The number of aliphatic carboxylic acids is 2. The van der Waals surface area contributed by atoms with Gasteiger partial charge in [0, 0.05) is 32.7 Å². The first kappa shape index (κ1) is 20.2. The molecule has 1 saturated heterocycles. The van der Waals surface area contributed by atoms with Gasteiger partial charge in [-0.3, -0.25) is 9.69 Å². The molecule has 0 saturated carbocycles. The Morgan fingerprint density at radius 2 is 1.62 bits per heavy atom. The van der Waals surface area contributed by atoms with Crippen molar-refractivity contribution in [2.45, 2.75) is 6.54 Å². The SMILES string of the molecule is O=C(O)C(=O)O.O=C(c1ccco1)N1CCN(Cc2ccc3c(c2)OCO3)CC1. The van der Waals surface area contributed by atoms with E-state index in [2.05, 4.69) is 11.0 Å². The predicted molar refractivity (Wildman–Crippen MR) is 97.7 cm³/mol. The van der Waals surface area contributed by atoms with E-state index in [0.29, 0.717) is 25.6 Å². The molecule has 0 spiro atoms. The second-order valence-corrected chi connectivity index (χ2v) is 6.34. The van der Waals surface area contributed by atoms with Crippen LogP contribution < -0.4 is 9.47 Å². The van der Waals surface area contributed by atoms with Gasteiger partial charge in [0.05, 0.1) is 6.26 Å². The Kier molecular flexibility index (Phi) is 6.35. The number of nitrogens with zero attached hydrogens (tertiary/aromatic N) is 2. The molecule has 2 aliphatic rings. The lowest BCUT2D eigenvalue weighted by Gasteiger charge is -2.34. The maximum Gasteiger partial charge on any atom is 0.414 e. The van der Waals surface area contributed by atoms with E-state index in [4.69, 9.17) is 33.7 Å². The number of hydrogen-bond acceptors (Lipinski definition) is 7. The Bertz CT molecular complexity index is 860. The normalized spacial score (nSPS) is 15.4. The van der Waals surface area contributed by atoms with E-state index in [1.54, 1.807) is 12.1 Å². The van der Waals surface area contributed by atoms with Gasteiger partial charge in [0.15, 0.2) is 17.3 Å². The standard InChI is InChI=1S/C17H18N2O4.C2H2O4/c20-17(15-2-1-9-21-15)19-7-5-18(6-8-19)11-13-3-4-14-16(10-13)23-12-22-14;3-1(4)2(5)6/h1-4,9-10H,5-8,11-12H2;(H,3,4)(H,5,6). The molecule has 4 rings (SSSR count). The van der Waals surface area contributed by atoms with Crippen molar-refractivity contribution in [3.63, 3.8) is 0 Å². The van der Waals surface area contributed by atoms with Crippen LogP contribution in [0.3, 0.4) is 0 Å². The van der Waals surface area contributed by atoms with Crippen molar-refractivity contribution in [1.29, 1.82) is 0 Å². The molecule has 0 aliphatic carbocycles. The van der Waals surface area contributed by atoms with Crippen molar-refractivity contribution in [3.05, 3.63) is 47.9 Å². The van der Waals surface area contributed by atoms with Crippen LogP contribution in [-0.2, 0) is 16.1 Å². The summed E-state index contributed by atoms with van der Waals surface area (Å²) in [6.45, 7) is 4.27. The van der Waals surface area contributed by atoms with Gasteiger partial charge >= 0.3 is 11.9 Å². The van der Waals surface area contributed by atoms with E-state index in [0.717, 1.165) is 31.1 Å². The number of benzene rings is 1. The summed E-state index contributed by atoms with van der Waals surface area (Å²) < 4.78 is 15.9. The minimum atomic E-state index is -1.82. The maximum atomic E-state index is 12.2. The number of carbonyl (C=O) groups excluding carboxylic acids is 1. The number of fused-ring (bicyclic) bond motifs is 1. The molecule has 2 aliphatic heterocycles. The highest BCUT2D eigenvalue weighted by Gasteiger charge is 2.24. The maximum absolute atomic E-state index is 12.2. The molecule has 1 aromatic carbocycles. The number of amides is 1. The average molecular weight is 404 g/mol. The lowest BCUT2D eigenvalue weighted by Crippen LogP contribution is -2.48. The molecule has 0 unspecified atom stereocenters. The number of rotatable bonds is 3. The molecule has 0 bridgehead atoms. The van der Waals surface area contributed by atoms with Crippen LogP contribution in [0.2, 0.25) is 0 Å². The average Bonchev–Trinajstić information content (AvgIpc) is 3.40. The Labute approximate surface area is 165 Å². The monoisotopic (exact) mass is 404 g/mol. The number of piperazine rings is 1. The lowest BCUT2D eigenvalue weighted by molar-refractivity contribution is -0.159. The topological polar surface area (TPSA) is 130 Å². The predicted octanol–water partition coefficient (Wildman–Crippen LogP) is 1.12. The summed E-state index contributed by atoms with van der Waals surface area (Å²) in [4.78, 5) is 34.6. The van der Waals surface area contributed by atoms with Crippen LogP contribution in [0.4, 0.5) is 0 Å². The summed E-state index contributed by atoms with van der Waals surface area (Å²) in [6.07, 6.45) is 1.53. The molecule has 3 heterocycles. The largest absolute Gasteiger partial charge is 0.473 e. The summed E-state index contributed by atoms with van der Waals surface area (Å²) >= 11 is 0. The van der Waals surface area contributed by atoms with Gasteiger partial charge in [-0.2, -0.15) is 0 Å². The Balaban J connectivity index is 0.000000353. The molecule has 154 valence electrons. The Hall–Kier alpha value is -3.53. The second kappa shape index (κ2) is 9.11. The molecule has 0 atom stereocenters. The van der Waals surface area contributed by atoms with Gasteiger partial charge in [0.1, 0.15) is 0 Å². The molecule has 0 radical (unpaired) electrons. The third-order valence-electron chi connectivity index (χ3n) is 4.42. The summed E-state index contributed by atoms with van der Waals surface area (Å²) in [6, 6.07) is 9.50. The summed E-state index contributed by atoms with van der Waals surface area (Å²) in [5.74, 6) is -1.64. The van der Waals surface area contributed by atoms with E-state index in [1.807, 2.05) is 17.0 Å². The molecule has 1 fully saturated rings. The number of carbonyl (C=O) groups is 3. The molecular formula is C19H20N2O8. The number of hydrogen-bond donors (Lipinski definition) is 2. The van der Waals surface area contributed by atoms with E-state index < -0.39 is 11.9 Å². The molecule has 2 aromatic rings. The van der Waals surface area contributed by atoms with Crippen LogP contribution >= 0.6 is 0 Å². The quantitative estimate of drug-likeness (QED) is 0.723. The molecular weight excluding hydrogens is 384 g/mol. The fourth-order valence-electron chi connectivity index (χ4n) is 2.96. The minimum Gasteiger partial charge on any atom is -0.473 e. The lowest BCUT2D eigenvalue weighted by atomic mass is 10.1. The van der Waals surface area contributed by atoms with Crippen LogP contribution in [0.15, 0.2) is 41.0 Å². The van der Waals surface area contributed by atoms with E-state index in [1.165, 1.54) is 11.8 Å². The molecule has 1 amide bonds. The molecule has 1 aromatic heterocycles. The fraction of sp³-hybridized carbons (Fsp3) is 0.316. The second-order valence-electron chi connectivity index (χ2n) is 6.34. The zero-order valence-corrected chi connectivity index (χ0v) is 15.4. The number of carboxylic acids is 2. The highest BCUT2D eigenvalue weighted by molar-refractivity contribution is 6.27. The zero-order chi connectivity index (χ0) is 20.8. The van der Waals surface area contributed by atoms with E-state index in [-0.39, 0.29) is 5.91 Å². The fourth-order valence-corrected chi connectivity index (χ4v) is 2.96. The van der Waals surface area contributed by atoms with Crippen molar-refractivity contribution >= 4 is 17.8 Å². The van der Waals surface area contributed by atoms with Crippen molar-refractivity contribution in [3.8, 4) is 11.5 Å². The summed E-state index contributed by atoms with van der Waals surface area (Å²) in [7, 11) is 0. The third kappa shape index (κ3) is 5.26. The van der Waals surface area contributed by atoms with Crippen LogP contribution in [0.1, 0.15) is 16.1 Å². The van der Waals surface area contributed by atoms with Gasteiger partial charge < -0.3 is 29.0 Å². The van der Waals surface area contributed by atoms with E-state index >= 15 is 0 Å². The van der Waals surface area contributed by atoms with Crippen molar-refractivity contribution in [2.24, 2.45) is 0 Å². The Morgan fingerprint density at radius 3 is 2.24 bits per heavy atom. The van der Waals surface area contributed by atoms with Crippen LogP contribution in [0.25, 0.3) is 0 Å². The van der Waals surface area contributed by atoms with Gasteiger partial charge in [-0.15, -0.1) is 0 Å². The summed E-state index contributed by atoms with van der Waals surface area (Å²) in [5, 5.41) is 14.8. The number of ether oxygens (including phenoxy) is 2. The minimum absolute atomic E-state index is 0.0299. The van der Waals surface area contributed by atoms with Gasteiger partial charge in [0.2, 0.25) is 6.79 Å². The highest BCUT2D eigenvalue weighted by atomic mass is 16.7. The molecule has 29 heavy (non-hydrogen) atoms. The summed E-state index contributed by atoms with van der Waals surface area (Å²) in [5.41, 5.74) is 1.19. The zero-order valence-electron chi connectivity index (χ0n) is 15.4. The Morgan fingerprint density at radius 1 is 0.931 bits per heavy atom. The molecule has 2 N–H and O–H groups in total. The first-order valence-electron chi connectivity index (χ1n) is 8.84. The highest BCUT2D eigenvalue weighted by Crippen LogP contribution is 2.32. The van der Waals surface area contributed by atoms with Crippen molar-refractivity contribution in [2.75, 3.05) is 33.0 Å². The van der Waals surface area contributed by atoms with Gasteiger partial charge in [0.25, 0.3) is 5.91 Å². The van der Waals surface area contributed by atoms with Crippen LogP contribution in [-0.4, -0.2) is 70.8 Å². The third-order valence-corrected chi connectivity index (χ3v) is 4.42. The first-order valence-corrected chi connectivity index (χ1v) is 8.84. The number of furan rings is 1. The molecule has 10 nitrogen and oxygen atoms in total. The van der Waals surface area contributed by atoms with Gasteiger partial charge in [-0.25, -0.2) is 9.59 Å².